The fraction of sp³-hybridized carbons (Fsp3) is 0.389. The number of nitrogens with one attached hydrogen (secondary N) is 1. The van der Waals surface area contributed by atoms with Gasteiger partial charge < -0.3 is 4.57 Å². The summed E-state index contributed by atoms with van der Waals surface area (Å²) in [5.41, 5.74) is 1.06. The quantitative estimate of drug-likeness (QED) is 0.802. The summed E-state index contributed by atoms with van der Waals surface area (Å²) in [6.07, 6.45) is 6.19. The second-order valence-electron chi connectivity index (χ2n) is 6.44. The van der Waals surface area contributed by atoms with Crippen LogP contribution in [0.2, 0.25) is 0 Å². The number of imidazole rings is 1. The van der Waals surface area contributed by atoms with E-state index in [9.17, 15) is 0 Å². The number of H-pyrrole nitrogens is 1. The predicted octanol–water partition coefficient (Wildman–Crippen LogP) is 2.58. The lowest BCUT2D eigenvalue weighted by molar-refractivity contribution is 0.191. The molecule has 4 rings (SSSR count). The van der Waals surface area contributed by atoms with Gasteiger partial charge in [0.15, 0.2) is 5.82 Å². The molecular formula is C18H22N6. The minimum atomic E-state index is 0.406. The summed E-state index contributed by atoms with van der Waals surface area (Å²) in [5, 5.41) is 7.56. The van der Waals surface area contributed by atoms with Crippen molar-refractivity contribution >= 4 is 0 Å². The first kappa shape index (κ1) is 15.1. The maximum Gasteiger partial charge on any atom is 0.181 e. The Morgan fingerprint density at radius 2 is 2.12 bits per heavy atom. The lowest BCUT2D eigenvalue weighted by Gasteiger charge is -2.31. The highest BCUT2D eigenvalue weighted by atomic mass is 15.2. The largest absolute Gasteiger partial charge is 0.337 e. The van der Waals surface area contributed by atoms with Crippen molar-refractivity contribution in [1.82, 2.24) is 29.6 Å². The number of benzene rings is 1. The van der Waals surface area contributed by atoms with Gasteiger partial charge in [0.1, 0.15) is 11.6 Å². The van der Waals surface area contributed by atoms with E-state index in [0.717, 1.165) is 49.1 Å². The predicted molar refractivity (Wildman–Crippen MR) is 92.3 cm³/mol. The van der Waals surface area contributed by atoms with Gasteiger partial charge in [0.25, 0.3) is 0 Å². The summed E-state index contributed by atoms with van der Waals surface area (Å²) in [7, 11) is 2.05. The molecule has 0 saturated carbocycles. The van der Waals surface area contributed by atoms with E-state index in [-0.39, 0.29) is 0 Å². The normalized spacial score (nSPS) is 18.8. The van der Waals surface area contributed by atoms with Crippen LogP contribution >= 0.6 is 0 Å². The maximum atomic E-state index is 4.74. The molecule has 1 N–H and O–H groups in total. The van der Waals surface area contributed by atoms with Crippen molar-refractivity contribution in [2.24, 2.45) is 7.05 Å². The summed E-state index contributed by atoms with van der Waals surface area (Å²) in [6, 6.07) is 10.1. The third kappa shape index (κ3) is 3.10. The number of nitrogens with zero attached hydrogens (tertiary/aromatic N) is 5. The lowest BCUT2D eigenvalue weighted by atomic mass is 9.97. The van der Waals surface area contributed by atoms with Crippen LogP contribution in [-0.4, -0.2) is 42.7 Å². The Bertz CT molecular complexity index is 791. The molecule has 1 aromatic carbocycles. The molecule has 124 valence electrons. The first-order chi connectivity index (χ1) is 11.8. The molecule has 6 heteroatoms. The smallest absolute Gasteiger partial charge is 0.181 e. The standard InChI is InChI=1S/C18H22N6/c1-23-11-9-19-16(23)13-24-10-5-8-15(12-24)18-20-17(21-22-18)14-6-3-2-4-7-14/h2-4,6-7,9,11,15H,5,8,10,12-13H2,1H3,(H,20,21,22). The van der Waals surface area contributed by atoms with Gasteiger partial charge in [-0.2, -0.15) is 5.10 Å². The van der Waals surface area contributed by atoms with E-state index in [4.69, 9.17) is 4.98 Å². The molecule has 1 atom stereocenters. The summed E-state index contributed by atoms with van der Waals surface area (Å²) >= 11 is 0. The summed E-state index contributed by atoms with van der Waals surface area (Å²) in [4.78, 5) is 11.6. The molecule has 1 fully saturated rings. The number of rotatable bonds is 4. The zero-order chi connectivity index (χ0) is 16.4. The van der Waals surface area contributed by atoms with Gasteiger partial charge in [-0.05, 0) is 19.4 Å². The SMILES string of the molecule is Cn1ccnc1CN1CCCC(c2nc(-c3ccccc3)n[nH]2)C1. The summed E-state index contributed by atoms with van der Waals surface area (Å²) in [5.74, 6) is 3.30. The topological polar surface area (TPSA) is 62.6 Å². The minimum Gasteiger partial charge on any atom is -0.337 e. The average molecular weight is 322 g/mol. The molecule has 0 amide bonds. The van der Waals surface area contributed by atoms with Crippen LogP contribution in [-0.2, 0) is 13.6 Å². The third-order valence-corrected chi connectivity index (χ3v) is 4.71. The number of hydrogen-bond acceptors (Lipinski definition) is 4. The number of aromatic amines is 1. The minimum absolute atomic E-state index is 0.406. The van der Waals surface area contributed by atoms with Gasteiger partial charge in [-0.25, -0.2) is 9.97 Å². The van der Waals surface area contributed by atoms with E-state index in [2.05, 4.69) is 24.6 Å². The fourth-order valence-electron chi connectivity index (χ4n) is 3.34. The van der Waals surface area contributed by atoms with E-state index >= 15 is 0 Å². The van der Waals surface area contributed by atoms with E-state index in [0.29, 0.717) is 5.92 Å². The van der Waals surface area contributed by atoms with Crippen LogP contribution in [0, 0.1) is 0 Å². The molecule has 0 radical (unpaired) electrons. The van der Waals surface area contributed by atoms with Crippen molar-refractivity contribution in [2.45, 2.75) is 25.3 Å². The second kappa shape index (κ2) is 6.57. The Kier molecular flexibility index (Phi) is 4.13. The number of piperidine rings is 1. The zero-order valence-corrected chi connectivity index (χ0v) is 13.9. The summed E-state index contributed by atoms with van der Waals surface area (Å²) < 4.78 is 2.09. The highest BCUT2D eigenvalue weighted by Crippen LogP contribution is 2.26. The molecule has 6 nitrogen and oxygen atoms in total. The Balaban J connectivity index is 1.46. The van der Waals surface area contributed by atoms with Gasteiger partial charge in [-0.1, -0.05) is 30.3 Å². The van der Waals surface area contributed by atoms with Gasteiger partial charge in [-0.3, -0.25) is 10.00 Å². The maximum absolute atomic E-state index is 4.74. The van der Waals surface area contributed by atoms with Crippen molar-refractivity contribution in [1.29, 1.82) is 0 Å². The summed E-state index contributed by atoms with van der Waals surface area (Å²) in [6.45, 7) is 3.00. The van der Waals surface area contributed by atoms with Gasteiger partial charge >= 0.3 is 0 Å². The highest BCUT2D eigenvalue weighted by Gasteiger charge is 2.25. The third-order valence-electron chi connectivity index (χ3n) is 4.71. The van der Waals surface area contributed by atoms with E-state index < -0.39 is 0 Å². The molecule has 24 heavy (non-hydrogen) atoms. The van der Waals surface area contributed by atoms with Crippen LogP contribution in [0.15, 0.2) is 42.7 Å². The fourth-order valence-corrected chi connectivity index (χ4v) is 3.34. The second-order valence-corrected chi connectivity index (χ2v) is 6.44. The molecule has 1 aliphatic heterocycles. The van der Waals surface area contributed by atoms with E-state index in [1.54, 1.807) is 0 Å². The van der Waals surface area contributed by atoms with Crippen molar-refractivity contribution in [2.75, 3.05) is 13.1 Å². The first-order valence-electron chi connectivity index (χ1n) is 8.46. The number of hydrogen-bond donors (Lipinski definition) is 1. The first-order valence-corrected chi connectivity index (χ1v) is 8.46. The molecule has 0 spiro atoms. The highest BCUT2D eigenvalue weighted by molar-refractivity contribution is 5.53. The van der Waals surface area contributed by atoms with Crippen molar-refractivity contribution in [3.05, 3.63) is 54.4 Å². The van der Waals surface area contributed by atoms with Crippen molar-refractivity contribution in [3.63, 3.8) is 0 Å². The average Bonchev–Trinajstić information content (AvgIpc) is 3.26. The molecule has 0 bridgehead atoms. The van der Waals surface area contributed by atoms with Crippen molar-refractivity contribution in [3.8, 4) is 11.4 Å². The molecule has 3 aromatic rings. The van der Waals surface area contributed by atoms with Gasteiger partial charge in [0, 0.05) is 37.5 Å². The van der Waals surface area contributed by atoms with E-state index in [1.165, 1.54) is 6.42 Å². The molecule has 3 heterocycles. The van der Waals surface area contributed by atoms with Gasteiger partial charge in [0.05, 0.1) is 6.54 Å². The van der Waals surface area contributed by atoms with Crippen LogP contribution in [0.5, 0.6) is 0 Å². The van der Waals surface area contributed by atoms with Crippen molar-refractivity contribution < 1.29 is 0 Å². The molecule has 1 saturated heterocycles. The van der Waals surface area contributed by atoms with Crippen LogP contribution in [0.25, 0.3) is 11.4 Å². The van der Waals surface area contributed by atoms with E-state index in [1.807, 2.05) is 49.8 Å². The van der Waals surface area contributed by atoms with Crippen LogP contribution in [0.4, 0.5) is 0 Å². The monoisotopic (exact) mass is 322 g/mol. The molecule has 0 aliphatic carbocycles. The molecule has 2 aromatic heterocycles. The Hall–Kier alpha value is -2.47. The number of aromatic nitrogens is 5. The Labute approximate surface area is 141 Å². The number of aryl methyl sites for hydroxylation is 1. The van der Waals surface area contributed by atoms with Crippen LogP contribution < -0.4 is 0 Å². The van der Waals surface area contributed by atoms with Gasteiger partial charge in [0.2, 0.25) is 0 Å². The Morgan fingerprint density at radius 1 is 1.25 bits per heavy atom. The van der Waals surface area contributed by atoms with Gasteiger partial charge in [-0.15, -0.1) is 0 Å². The molecular weight excluding hydrogens is 300 g/mol. The van der Waals surface area contributed by atoms with Crippen LogP contribution in [0.3, 0.4) is 0 Å². The van der Waals surface area contributed by atoms with Crippen LogP contribution in [0.1, 0.15) is 30.4 Å². The zero-order valence-electron chi connectivity index (χ0n) is 13.9. The Morgan fingerprint density at radius 3 is 2.92 bits per heavy atom. The molecule has 1 aliphatic rings. The number of likely N-dealkylation sites (tertiary alicyclic amines) is 1. The molecule has 1 unspecified atom stereocenters. The lowest BCUT2D eigenvalue weighted by Crippen LogP contribution is -2.35.